The van der Waals surface area contributed by atoms with Crippen LogP contribution in [0.2, 0.25) is 0 Å². The van der Waals surface area contributed by atoms with Crippen molar-refractivity contribution in [3.63, 3.8) is 0 Å². The zero-order chi connectivity index (χ0) is 10.1. The third-order valence-corrected chi connectivity index (χ3v) is 3.19. The molecule has 0 N–H and O–H groups in total. The summed E-state index contributed by atoms with van der Waals surface area (Å²) in [6.07, 6.45) is 0.905. The quantitative estimate of drug-likeness (QED) is 0.719. The number of carbonyl (C=O) groups excluding carboxylic acids is 1. The Morgan fingerprint density at radius 2 is 2.57 bits per heavy atom. The van der Waals surface area contributed by atoms with Crippen molar-refractivity contribution in [2.75, 3.05) is 6.61 Å². The summed E-state index contributed by atoms with van der Waals surface area (Å²) in [6.45, 7) is 4.29. The molecule has 0 unspecified atom stereocenters. The van der Waals surface area contributed by atoms with Gasteiger partial charge in [-0.3, -0.25) is 4.79 Å². The van der Waals surface area contributed by atoms with Gasteiger partial charge in [0.05, 0.1) is 23.2 Å². The predicted molar refractivity (Wildman–Crippen MR) is 54.3 cm³/mol. The molecule has 0 bridgehead atoms. The number of nitrogens with zero attached hydrogens (tertiary/aromatic N) is 1. The number of hydrogen-bond donors (Lipinski definition) is 0. The van der Waals surface area contributed by atoms with Crippen molar-refractivity contribution in [2.45, 2.75) is 26.2 Å². The van der Waals surface area contributed by atoms with E-state index in [-0.39, 0.29) is 11.9 Å². The lowest BCUT2D eigenvalue weighted by atomic mass is 10.2. The van der Waals surface area contributed by atoms with Gasteiger partial charge in [0.25, 0.3) is 0 Å². The van der Waals surface area contributed by atoms with E-state index in [2.05, 4.69) is 4.98 Å². The van der Waals surface area contributed by atoms with Gasteiger partial charge >= 0.3 is 5.97 Å². The van der Waals surface area contributed by atoms with Gasteiger partial charge < -0.3 is 4.74 Å². The van der Waals surface area contributed by atoms with Gasteiger partial charge in [-0.15, -0.1) is 11.3 Å². The number of hydrogen-bond acceptors (Lipinski definition) is 4. The molecule has 1 fully saturated rings. The molecule has 0 aliphatic heterocycles. The van der Waals surface area contributed by atoms with Crippen LogP contribution in [0.5, 0.6) is 0 Å². The molecule has 0 amide bonds. The van der Waals surface area contributed by atoms with Crippen molar-refractivity contribution in [3.8, 4) is 0 Å². The maximum atomic E-state index is 11.3. The Morgan fingerprint density at radius 3 is 3.14 bits per heavy atom. The standard InChI is InChI=1S/C10H13NO2S/c1-3-13-10(12)8-4-7(8)9-5-14-6(2)11-9/h5,7-8H,3-4H2,1-2H3/t7-,8-/m0/s1. The number of esters is 1. The Labute approximate surface area is 87.1 Å². The Balaban J connectivity index is 1.96. The summed E-state index contributed by atoms with van der Waals surface area (Å²) >= 11 is 1.64. The lowest BCUT2D eigenvalue weighted by Gasteiger charge is -1.98. The van der Waals surface area contributed by atoms with Crippen LogP contribution >= 0.6 is 11.3 Å². The molecule has 0 spiro atoms. The second-order valence-corrected chi connectivity index (χ2v) is 4.55. The van der Waals surface area contributed by atoms with Crippen molar-refractivity contribution in [1.29, 1.82) is 0 Å². The molecule has 76 valence electrons. The van der Waals surface area contributed by atoms with E-state index < -0.39 is 0 Å². The van der Waals surface area contributed by atoms with E-state index in [1.807, 2.05) is 19.2 Å². The van der Waals surface area contributed by atoms with Crippen molar-refractivity contribution in [2.24, 2.45) is 5.92 Å². The fourth-order valence-corrected chi connectivity index (χ4v) is 2.26. The fraction of sp³-hybridized carbons (Fsp3) is 0.600. The Morgan fingerprint density at radius 1 is 1.79 bits per heavy atom. The molecule has 1 heterocycles. The molecular weight excluding hydrogens is 198 g/mol. The lowest BCUT2D eigenvalue weighted by molar-refractivity contribution is -0.144. The van der Waals surface area contributed by atoms with Gasteiger partial charge in [-0.25, -0.2) is 4.98 Å². The van der Waals surface area contributed by atoms with Crippen molar-refractivity contribution < 1.29 is 9.53 Å². The monoisotopic (exact) mass is 211 g/mol. The number of rotatable bonds is 3. The van der Waals surface area contributed by atoms with Crippen molar-refractivity contribution in [1.82, 2.24) is 4.98 Å². The highest BCUT2D eigenvalue weighted by Crippen LogP contribution is 2.48. The van der Waals surface area contributed by atoms with Crippen molar-refractivity contribution in [3.05, 3.63) is 16.1 Å². The highest BCUT2D eigenvalue weighted by atomic mass is 32.1. The molecule has 3 nitrogen and oxygen atoms in total. The van der Waals surface area contributed by atoms with E-state index in [0.29, 0.717) is 12.5 Å². The van der Waals surface area contributed by atoms with Crippen LogP contribution in [0.1, 0.15) is 30.0 Å². The van der Waals surface area contributed by atoms with Gasteiger partial charge in [0, 0.05) is 11.3 Å². The molecule has 1 aromatic heterocycles. The maximum Gasteiger partial charge on any atom is 0.309 e. The third-order valence-electron chi connectivity index (χ3n) is 2.40. The van der Waals surface area contributed by atoms with Crippen LogP contribution < -0.4 is 0 Å². The minimum Gasteiger partial charge on any atom is -0.466 e. The summed E-state index contributed by atoms with van der Waals surface area (Å²) in [6, 6.07) is 0. The van der Waals surface area contributed by atoms with E-state index in [0.717, 1.165) is 17.1 Å². The first kappa shape index (κ1) is 9.65. The molecule has 0 saturated heterocycles. The molecule has 2 rings (SSSR count). The molecular formula is C10H13NO2S. The highest BCUT2D eigenvalue weighted by molar-refractivity contribution is 7.09. The van der Waals surface area contributed by atoms with Gasteiger partial charge in [-0.2, -0.15) is 0 Å². The number of aryl methyl sites for hydroxylation is 1. The Hall–Kier alpha value is -0.900. The lowest BCUT2D eigenvalue weighted by Crippen LogP contribution is -2.07. The average molecular weight is 211 g/mol. The van der Waals surface area contributed by atoms with Crippen LogP contribution in [-0.2, 0) is 9.53 Å². The average Bonchev–Trinajstić information content (AvgIpc) is 2.84. The van der Waals surface area contributed by atoms with Gasteiger partial charge in [0.2, 0.25) is 0 Å². The summed E-state index contributed by atoms with van der Waals surface area (Å²) in [5.41, 5.74) is 1.06. The SMILES string of the molecule is CCOC(=O)[C@H]1C[C@@H]1c1csc(C)n1. The highest BCUT2D eigenvalue weighted by Gasteiger charge is 2.46. The molecule has 0 radical (unpaired) electrons. The first-order valence-electron chi connectivity index (χ1n) is 4.81. The Bertz CT molecular complexity index is 348. The zero-order valence-corrected chi connectivity index (χ0v) is 9.13. The van der Waals surface area contributed by atoms with Crippen LogP contribution in [-0.4, -0.2) is 17.6 Å². The molecule has 0 aromatic carbocycles. The molecule has 1 aliphatic carbocycles. The molecule has 2 atom stereocenters. The minimum absolute atomic E-state index is 0.0662. The molecule has 1 aliphatic rings. The number of ether oxygens (including phenoxy) is 1. The second kappa shape index (κ2) is 3.69. The smallest absolute Gasteiger partial charge is 0.309 e. The third kappa shape index (κ3) is 1.80. The summed E-state index contributed by atoms with van der Waals surface area (Å²) in [7, 11) is 0. The first-order chi connectivity index (χ1) is 6.72. The van der Waals surface area contributed by atoms with Crippen LogP contribution in [0, 0.1) is 12.8 Å². The molecule has 1 saturated carbocycles. The van der Waals surface area contributed by atoms with E-state index in [9.17, 15) is 4.79 Å². The van der Waals surface area contributed by atoms with E-state index >= 15 is 0 Å². The number of carbonyl (C=O) groups is 1. The summed E-state index contributed by atoms with van der Waals surface area (Å²) in [5, 5.41) is 3.11. The maximum absolute atomic E-state index is 11.3. The van der Waals surface area contributed by atoms with Crippen LogP contribution in [0.3, 0.4) is 0 Å². The van der Waals surface area contributed by atoms with E-state index in [4.69, 9.17) is 4.74 Å². The molecule has 14 heavy (non-hydrogen) atoms. The molecule has 1 aromatic rings. The number of aromatic nitrogens is 1. The van der Waals surface area contributed by atoms with E-state index in [1.54, 1.807) is 11.3 Å². The summed E-state index contributed by atoms with van der Waals surface area (Å²) < 4.78 is 4.96. The summed E-state index contributed by atoms with van der Waals surface area (Å²) in [5.74, 6) is 0.318. The Kier molecular flexibility index (Phi) is 2.54. The van der Waals surface area contributed by atoms with Gasteiger partial charge in [0.1, 0.15) is 0 Å². The van der Waals surface area contributed by atoms with E-state index in [1.165, 1.54) is 0 Å². The van der Waals surface area contributed by atoms with Gasteiger partial charge in [-0.05, 0) is 20.3 Å². The number of thiazole rings is 1. The zero-order valence-electron chi connectivity index (χ0n) is 8.32. The largest absolute Gasteiger partial charge is 0.466 e. The fourth-order valence-electron chi connectivity index (χ4n) is 1.58. The van der Waals surface area contributed by atoms with Crippen LogP contribution in [0.25, 0.3) is 0 Å². The van der Waals surface area contributed by atoms with Gasteiger partial charge in [-0.1, -0.05) is 0 Å². The minimum atomic E-state index is -0.0665. The van der Waals surface area contributed by atoms with Crippen LogP contribution in [0.15, 0.2) is 5.38 Å². The predicted octanol–water partition coefficient (Wildman–Crippen LogP) is 2.12. The second-order valence-electron chi connectivity index (χ2n) is 3.49. The first-order valence-corrected chi connectivity index (χ1v) is 5.69. The van der Waals surface area contributed by atoms with Gasteiger partial charge in [0.15, 0.2) is 0 Å². The van der Waals surface area contributed by atoms with Crippen LogP contribution in [0.4, 0.5) is 0 Å². The summed E-state index contributed by atoms with van der Waals surface area (Å²) in [4.78, 5) is 15.7. The van der Waals surface area contributed by atoms with Crippen molar-refractivity contribution >= 4 is 17.3 Å². The topological polar surface area (TPSA) is 39.2 Å². The molecule has 4 heteroatoms. The normalized spacial score (nSPS) is 24.7.